The summed E-state index contributed by atoms with van der Waals surface area (Å²) in [6.45, 7) is 2.44. The number of nitrogens with zero attached hydrogens (tertiary/aromatic N) is 1. The number of amides is 1. The molecule has 0 saturated heterocycles. The summed E-state index contributed by atoms with van der Waals surface area (Å²) in [6.07, 6.45) is 4.34. The van der Waals surface area contributed by atoms with Crippen molar-refractivity contribution in [3.63, 3.8) is 0 Å². The van der Waals surface area contributed by atoms with Gasteiger partial charge in [-0.3, -0.25) is 9.69 Å². The van der Waals surface area contributed by atoms with Crippen LogP contribution in [0.15, 0.2) is 0 Å². The number of carbonyl (C=O) groups excluding carboxylic acids is 1. The highest BCUT2D eigenvalue weighted by molar-refractivity contribution is 5.78. The molecule has 4 N–H and O–H groups in total. The molecule has 1 amide bonds. The summed E-state index contributed by atoms with van der Waals surface area (Å²) in [6, 6.07) is 0.537. The molecule has 0 aromatic rings. The summed E-state index contributed by atoms with van der Waals surface area (Å²) in [5.74, 6) is 0.0373. The minimum absolute atomic E-state index is 0.0373. The van der Waals surface area contributed by atoms with Crippen molar-refractivity contribution >= 4 is 5.91 Å². The first-order valence-electron chi connectivity index (χ1n) is 6.09. The summed E-state index contributed by atoms with van der Waals surface area (Å²) >= 11 is 0. The number of aliphatic hydroxyl groups excluding tert-OH is 1. The summed E-state index contributed by atoms with van der Waals surface area (Å²) in [7, 11) is 0. The molecular formula is C11H23N3O2. The van der Waals surface area contributed by atoms with Gasteiger partial charge in [0.2, 0.25) is 5.91 Å². The van der Waals surface area contributed by atoms with E-state index in [-0.39, 0.29) is 12.5 Å². The standard InChI is InChI=1S/C11H23N3O2/c12-5-6-13-11(16)9-14(7-2-8-15)10-3-1-4-10/h10,15H,1-9,12H2,(H,13,16). The van der Waals surface area contributed by atoms with E-state index in [0.717, 1.165) is 13.0 Å². The second kappa shape index (κ2) is 7.60. The Kier molecular flexibility index (Phi) is 6.37. The molecule has 1 aliphatic carbocycles. The quantitative estimate of drug-likeness (QED) is 0.514. The highest BCUT2D eigenvalue weighted by Crippen LogP contribution is 2.24. The van der Waals surface area contributed by atoms with Gasteiger partial charge < -0.3 is 16.2 Å². The maximum Gasteiger partial charge on any atom is 0.234 e. The topological polar surface area (TPSA) is 78.6 Å². The van der Waals surface area contributed by atoms with E-state index in [9.17, 15) is 4.79 Å². The molecule has 0 aromatic heterocycles. The molecule has 94 valence electrons. The van der Waals surface area contributed by atoms with Crippen LogP contribution >= 0.6 is 0 Å². The van der Waals surface area contributed by atoms with Crippen LogP contribution in [0.1, 0.15) is 25.7 Å². The summed E-state index contributed by atoms with van der Waals surface area (Å²) in [4.78, 5) is 13.7. The molecule has 0 bridgehead atoms. The number of carbonyl (C=O) groups is 1. The molecule has 1 fully saturated rings. The van der Waals surface area contributed by atoms with Gasteiger partial charge in [0.05, 0.1) is 6.54 Å². The molecule has 1 saturated carbocycles. The van der Waals surface area contributed by atoms with Gasteiger partial charge >= 0.3 is 0 Å². The smallest absolute Gasteiger partial charge is 0.234 e. The zero-order valence-electron chi connectivity index (χ0n) is 9.82. The lowest BCUT2D eigenvalue weighted by Gasteiger charge is -2.37. The molecule has 0 atom stereocenters. The van der Waals surface area contributed by atoms with Crippen LogP contribution in [0, 0.1) is 0 Å². The number of rotatable bonds is 8. The number of hydrogen-bond donors (Lipinski definition) is 3. The number of hydrogen-bond acceptors (Lipinski definition) is 4. The molecule has 5 heteroatoms. The Hall–Kier alpha value is -0.650. The van der Waals surface area contributed by atoms with Crippen molar-refractivity contribution in [1.29, 1.82) is 0 Å². The van der Waals surface area contributed by atoms with E-state index in [1.165, 1.54) is 19.3 Å². The highest BCUT2D eigenvalue weighted by Gasteiger charge is 2.25. The van der Waals surface area contributed by atoms with E-state index in [0.29, 0.717) is 25.7 Å². The van der Waals surface area contributed by atoms with Crippen molar-refractivity contribution in [2.45, 2.75) is 31.7 Å². The van der Waals surface area contributed by atoms with Crippen LogP contribution in [-0.2, 0) is 4.79 Å². The second-order valence-electron chi connectivity index (χ2n) is 4.27. The fourth-order valence-corrected chi connectivity index (χ4v) is 1.87. The van der Waals surface area contributed by atoms with Crippen molar-refractivity contribution in [2.75, 3.05) is 32.8 Å². The summed E-state index contributed by atoms with van der Waals surface area (Å²) < 4.78 is 0. The van der Waals surface area contributed by atoms with Gasteiger partial charge in [0.1, 0.15) is 0 Å². The largest absolute Gasteiger partial charge is 0.396 e. The first-order chi connectivity index (χ1) is 7.77. The third kappa shape index (κ3) is 4.47. The Morgan fingerprint density at radius 3 is 2.75 bits per heavy atom. The minimum Gasteiger partial charge on any atom is -0.396 e. The highest BCUT2D eigenvalue weighted by atomic mass is 16.3. The van der Waals surface area contributed by atoms with Crippen molar-refractivity contribution in [3.8, 4) is 0 Å². The monoisotopic (exact) mass is 229 g/mol. The van der Waals surface area contributed by atoms with Gasteiger partial charge in [0.25, 0.3) is 0 Å². The van der Waals surface area contributed by atoms with Crippen molar-refractivity contribution in [2.24, 2.45) is 5.73 Å². The van der Waals surface area contributed by atoms with E-state index >= 15 is 0 Å². The zero-order chi connectivity index (χ0) is 11.8. The van der Waals surface area contributed by atoms with Gasteiger partial charge in [0.15, 0.2) is 0 Å². The molecule has 5 nitrogen and oxygen atoms in total. The lowest BCUT2D eigenvalue weighted by molar-refractivity contribution is -0.123. The first kappa shape index (κ1) is 13.4. The van der Waals surface area contributed by atoms with E-state index in [4.69, 9.17) is 10.8 Å². The number of nitrogens with two attached hydrogens (primary N) is 1. The number of nitrogens with one attached hydrogen (secondary N) is 1. The third-order valence-electron chi connectivity index (χ3n) is 3.01. The Labute approximate surface area is 97.0 Å². The summed E-state index contributed by atoms with van der Waals surface area (Å²) in [5.41, 5.74) is 5.32. The molecule has 0 heterocycles. The van der Waals surface area contributed by atoms with Crippen LogP contribution in [0.25, 0.3) is 0 Å². The molecular weight excluding hydrogens is 206 g/mol. The van der Waals surface area contributed by atoms with Crippen LogP contribution < -0.4 is 11.1 Å². The Morgan fingerprint density at radius 1 is 1.50 bits per heavy atom. The molecule has 1 aliphatic rings. The lowest BCUT2D eigenvalue weighted by atomic mass is 9.91. The van der Waals surface area contributed by atoms with Gasteiger partial charge in [-0.1, -0.05) is 6.42 Å². The van der Waals surface area contributed by atoms with Crippen molar-refractivity contribution < 1.29 is 9.90 Å². The fourth-order valence-electron chi connectivity index (χ4n) is 1.87. The third-order valence-corrected chi connectivity index (χ3v) is 3.01. The van der Waals surface area contributed by atoms with Crippen LogP contribution in [0.4, 0.5) is 0 Å². The van der Waals surface area contributed by atoms with Crippen LogP contribution in [0.3, 0.4) is 0 Å². The SMILES string of the molecule is NCCNC(=O)CN(CCCO)C1CCC1. The fraction of sp³-hybridized carbons (Fsp3) is 0.909. The van der Waals surface area contributed by atoms with E-state index in [2.05, 4.69) is 10.2 Å². The van der Waals surface area contributed by atoms with Gasteiger partial charge in [-0.05, 0) is 19.3 Å². The predicted octanol–water partition coefficient (Wildman–Crippen LogP) is -0.702. The first-order valence-corrected chi connectivity index (χ1v) is 6.09. The van der Waals surface area contributed by atoms with Crippen molar-refractivity contribution in [3.05, 3.63) is 0 Å². The maximum absolute atomic E-state index is 11.5. The average Bonchev–Trinajstić information content (AvgIpc) is 2.20. The zero-order valence-corrected chi connectivity index (χ0v) is 9.82. The Morgan fingerprint density at radius 2 is 2.25 bits per heavy atom. The average molecular weight is 229 g/mol. The predicted molar refractivity (Wildman–Crippen MR) is 63.0 cm³/mol. The normalized spacial score (nSPS) is 16.2. The van der Waals surface area contributed by atoms with Gasteiger partial charge in [-0.25, -0.2) is 0 Å². The molecule has 0 aromatic carbocycles. The maximum atomic E-state index is 11.5. The van der Waals surface area contributed by atoms with Gasteiger partial charge in [-0.15, -0.1) is 0 Å². The van der Waals surface area contributed by atoms with Crippen LogP contribution in [0.5, 0.6) is 0 Å². The molecule has 0 radical (unpaired) electrons. The molecule has 0 unspecified atom stereocenters. The number of aliphatic hydroxyl groups is 1. The van der Waals surface area contributed by atoms with E-state index in [1.54, 1.807) is 0 Å². The Balaban J connectivity index is 2.27. The minimum atomic E-state index is 0.0373. The Bertz CT molecular complexity index is 207. The van der Waals surface area contributed by atoms with Gasteiger partial charge in [0, 0.05) is 32.3 Å². The van der Waals surface area contributed by atoms with E-state index < -0.39 is 0 Å². The van der Waals surface area contributed by atoms with Crippen LogP contribution in [-0.4, -0.2) is 54.7 Å². The molecule has 0 aliphatic heterocycles. The van der Waals surface area contributed by atoms with Gasteiger partial charge in [-0.2, -0.15) is 0 Å². The van der Waals surface area contributed by atoms with E-state index in [1.807, 2.05) is 0 Å². The van der Waals surface area contributed by atoms with Crippen LogP contribution in [0.2, 0.25) is 0 Å². The summed E-state index contributed by atoms with van der Waals surface area (Å²) in [5, 5.41) is 11.6. The molecule has 16 heavy (non-hydrogen) atoms. The lowest BCUT2D eigenvalue weighted by Crippen LogP contribution is -2.47. The molecule has 1 rings (SSSR count). The molecule has 0 spiro atoms. The second-order valence-corrected chi connectivity index (χ2v) is 4.27. The van der Waals surface area contributed by atoms with Crippen molar-refractivity contribution in [1.82, 2.24) is 10.2 Å².